The van der Waals surface area contributed by atoms with Gasteiger partial charge in [0.15, 0.2) is 0 Å². The minimum Gasteiger partial charge on any atom is -0.377 e. The molecule has 0 bridgehead atoms. The second-order valence-corrected chi connectivity index (χ2v) is 5.64. The Morgan fingerprint density at radius 3 is 2.59 bits per heavy atom. The topological polar surface area (TPSA) is 36.3 Å². The predicted molar refractivity (Wildman–Crippen MR) is 67.6 cm³/mol. The Hall–Kier alpha value is -0.590. The number of rotatable bonds is 4. The van der Waals surface area contributed by atoms with Crippen LogP contribution >= 0.6 is 0 Å². The number of hydrogen-bond acceptors (Lipinski definition) is 3. The van der Waals surface area contributed by atoms with Gasteiger partial charge < -0.3 is 4.74 Å². The molecule has 0 N–H and O–H groups in total. The predicted octanol–water partition coefficient (Wildman–Crippen LogP) is 2.57. The van der Waals surface area contributed by atoms with Crippen molar-refractivity contribution in [3.8, 4) is 6.07 Å². The van der Waals surface area contributed by atoms with Crippen molar-refractivity contribution in [3.63, 3.8) is 0 Å². The van der Waals surface area contributed by atoms with Crippen molar-refractivity contribution in [2.75, 3.05) is 19.7 Å². The van der Waals surface area contributed by atoms with Crippen molar-refractivity contribution in [1.82, 2.24) is 4.90 Å². The summed E-state index contributed by atoms with van der Waals surface area (Å²) >= 11 is 0. The normalized spacial score (nSPS) is 33.8. The van der Waals surface area contributed by atoms with Gasteiger partial charge in [-0.25, -0.2) is 0 Å². The van der Waals surface area contributed by atoms with Gasteiger partial charge in [0, 0.05) is 19.2 Å². The first kappa shape index (κ1) is 12.9. The molecule has 0 spiro atoms. The van der Waals surface area contributed by atoms with Crippen LogP contribution in [0.1, 0.15) is 45.4 Å². The Morgan fingerprint density at radius 2 is 2.00 bits per heavy atom. The van der Waals surface area contributed by atoms with Crippen LogP contribution in [-0.4, -0.2) is 36.7 Å². The molecule has 1 saturated carbocycles. The average molecular weight is 236 g/mol. The molecule has 1 atom stereocenters. The molecule has 3 nitrogen and oxygen atoms in total. The van der Waals surface area contributed by atoms with E-state index in [1.807, 2.05) is 0 Å². The van der Waals surface area contributed by atoms with Gasteiger partial charge in [0.05, 0.1) is 18.7 Å². The van der Waals surface area contributed by atoms with Gasteiger partial charge in [0.2, 0.25) is 0 Å². The molecular weight excluding hydrogens is 212 g/mol. The molecule has 1 heterocycles. The Labute approximate surface area is 105 Å². The minimum absolute atomic E-state index is 0.377. The zero-order chi connectivity index (χ0) is 12.1. The Morgan fingerprint density at radius 1 is 1.24 bits per heavy atom. The third kappa shape index (κ3) is 3.69. The molecule has 96 valence electrons. The van der Waals surface area contributed by atoms with Crippen molar-refractivity contribution in [2.45, 2.75) is 57.6 Å². The lowest BCUT2D eigenvalue weighted by Gasteiger charge is -2.35. The van der Waals surface area contributed by atoms with Crippen LogP contribution in [0.5, 0.6) is 0 Å². The Bertz CT molecular complexity index is 260. The van der Waals surface area contributed by atoms with Gasteiger partial charge in [-0.2, -0.15) is 5.26 Å². The van der Waals surface area contributed by atoms with Crippen molar-refractivity contribution >= 4 is 0 Å². The van der Waals surface area contributed by atoms with Crippen LogP contribution < -0.4 is 0 Å². The highest BCUT2D eigenvalue weighted by molar-refractivity contribution is 4.86. The van der Waals surface area contributed by atoms with Gasteiger partial charge in [0.1, 0.15) is 0 Å². The standard InChI is InChI=1S/C14H24N2O/c1-12-4-6-13(7-5-12)16(9-8-15)11-14-3-2-10-17-14/h12-14H,2-7,9-11H2,1H3/t12?,13?,14-/m0/s1. The van der Waals surface area contributed by atoms with Crippen LogP contribution in [0.25, 0.3) is 0 Å². The van der Waals surface area contributed by atoms with Gasteiger partial charge in [-0.3, -0.25) is 4.90 Å². The summed E-state index contributed by atoms with van der Waals surface area (Å²) in [7, 11) is 0. The fourth-order valence-electron chi connectivity index (χ4n) is 3.09. The van der Waals surface area contributed by atoms with Crippen molar-refractivity contribution in [3.05, 3.63) is 0 Å². The fourth-order valence-corrected chi connectivity index (χ4v) is 3.09. The molecule has 0 unspecified atom stereocenters. The minimum atomic E-state index is 0.377. The zero-order valence-corrected chi connectivity index (χ0v) is 10.9. The second kappa shape index (κ2) is 6.37. The average Bonchev–Trinajstić information content (AvgIpc) is 2.82. The maximum atomic E-state index is 8.96. The molecule has 2 rings (SSSR count). The van der Waals surface area contributed by atoms with Crippen LogP contribution in [0.15, 0.2) is 0 Å². The summed E-state index contributed by atoms with van der Waals surface area (Å²) in [4.78, 5) is 2.36. The van der Waals surface area contributed by atoms with Crippen LogP contribution in [0, 0.1) is 17.2 Å². The Kier molecular flexibility index (Phi) is 4.82. The highest BCUT2D eigenvalue weighted by atomic mass is 16.5. The first-order valence-electron chi connectivity index (χ1n) is 7.02. The molecule has 17 heavy (non-hydrogen) atoms. The van der Waals surface area contributed by atoms with E-state index in [2.05, 4.69) is 17.9 Å². The van der Waals surface area contributed by atoms with E-state index in [-0.39, 0.29) is 0 Å². The van der Waals surface area contributed by atoms with E-state index in [1.165, 1.54) is 38.5 Å². The second-order valence-electron chi connectivity index (χ2n) is 5.64. The molecule has 0 aromatic carbocycles. The summed E-state index contributed by atoms with van der Waals surface area (Å²) in [6, 6.07) is 2.94. The summed E-state index contributed by atoms with van der Waals surface area (Å²) in [5.74, 6) is 0.873. The van der Waals surface area contributed by atoms with E-state index >= 15 is 0 Å². The van der Waals surface area contributed by atoms with E-state index in [1.54, 1.807) is 0 Å². The molecule has 1 aliphatic carbocycles. The molecule has 0 amide bonds. The summed E-state index contributed by atoms with van der Waals surface area (Å²) in [6.07, 6.45) is 7.89. The summed E-state index contributed by atoms with van der Waals surface area (Å²) < 4.78 is 5.69. The van der Waals surface area contributed by atoms with Crippen molar-refractivity contribution in [1.29, 1.82) is 5.26 Å². The number of hydrogen-bond donors (Lipinski definition) is 0. The highest BCUT2D eigenvalue weighted by Gasteiger charge is 2.27. The molecule has 1 aliphatic heterocycles. The van der Waals surface area contributed by atoms with Crippen LogP contribution in [-0.2, 0) is 4.74 Å². The monoisotopic (exact) mass is 236 g/mol. The number of nitriles is 1. The molecule has 0 aromatic heterocycles. The fraction of sp³-hybridized carbons (Fsp3) is 0.929. The van der Waals surface area contributed by atoms with E-state index in [9.17, 15) is 0 Å². The maximum absolute atomic E-state index is 8.96. The van der Waals surface area contributed by atoms with Gasteiger partial charge in [0.25, 0.3) is 0 Å². The molecule has 0 aromatic rings. The van der Waals surface area contributed by atoms with E-state index in [4.69, 9.17) is 10.00 Å². The third-order valence-electron chi connectivity index (χ3n) is 4.24. The largest absolute Gasteiger partial charge is 0.377 e. The molecule has 2 fully saturated rings. The quantitative estimate of drug-likeness (QED) is 0.704. The van der Waals surface area contributed by atoms with Gasteiger partial charge in [-0.1, -0.05) is 6.92 Å². The smallest absolute Gasteiger partial charge is 0.0869 e. The summed E-state index contributed by atoms with van der Waals surface area (Å²) in [6.45, 7) is 4.78. The molecule has 1 saturated heterocycles. The lowest BCUT2D eigenvalue weighted by molar-refractivity contribution is 0.0516. The maximum Gasteiger partial charge on any atom is 0.0869 e. The highest BCUT2D eigenvalue weighted by Crippen LogP contribution is 2.27. The van der Waals surface area contributed by atoms with Gasteiger partial charge in [-0.05, 0) is 44.4 Å². The van der Waals surface area contributed by atoms with Gasteiger partial charge >= 0.3 is 0 Å². The molecular formula is C14H24N2O. The molecule has 0 radical (unpaired) electrons. The van der Waals surface area contributed by atoms with E-state index < -0.39 is 0 Å². The first-order chi connectivity index (χ1) is 8.29. The SMILES string of the molecule is CC1CCC(N(CC#N)C[C@@H]2CCCO2)CC1. The first-order valence-corrected chi connectivity index (χ1v) is 7.02. The Balaban J connectivity index is 1.85. The summed E-state index contributed by atoms with van der Waals surface area (Å²) in [5, 5.41) is 8.96. The number of ether oxygens (including phenoxy) is 1. The van der Waals surface area contributed by atoms with Crippen molar-refractivity contribution < 1.29 is 4.74 Å². The molecule has 2 aliphatic rings. The third-order valence-corrected chi connectivity index (χ3v) is 4.24. The molecule has 3 heteroatoms. The van der Waals surface area contributed by atoms with E-state index in [0.717, 1.165) is 19.1 Å². The number of nitrogens with zero attached hydrogens (tertiary/aromatic N) is 2. The van der Waals surface area contributed by atoms with Crippen LogP contribution in [0.4, 0.5) is 0 Å². The van der Waals surface area contributed by atoms with Gasteiger partial charge in [-0.15, -0.1) is 0 Å². The van der Waals surface area contributed by atoms with Crippen molar-refractivity contribution in [2.24, 2.45) is 5.92 Å². The van der Waals surface area contributed by atoms with E-state index in [0.29, 0.717) is 18.7 Å². The summed E-state index contributed by atoms with van der Waals surface area (Å²) in [5.41, 5.74) is 0. The zero-order valence-electron chi connectivity index (χ0n) is 10.9. The lowest BCUT2D eigenvalue weighted by atomic mass is 9.86. The van der Waals surface area contributed by atoms with Crippen LogP contribution in [0.2, 0.25) is 0 Å². The lowest BCUT2D eigenvalue weighted by Crippen LogP contribution is -2.42. The van der Waals surface area contributed by atoms with Crippen LogP contribution in [0.3, 0.4) is 0 Å².